The van der Waals surface area contributed by atoms with Crippen LogP contribution in [0.2, 0.25) is 0 Å². The Morgan fingerprint density at radius 2 is 2.08 bits per heavy atom. The Morgan fingerprint density at radius 3 is 2.81 bits per heavy atom. The third-order valence-electron chi connectivity index (χ3n) is 7.88. The van der Waals surface area contributed by atoms with Crippen LogP contribution in [0.15, 0.2) is 21.8 Å². The van der Waals surface area contributed by atoms with Crippen LogP contribution in [-0.2, 0) is 18.3 Å². The number of ether oxygens (including phenoxy) is 1. The number of hydrogen-bond acceptors (Lipinski definition) is 9. The predicted octanol–water partition coefficient (Wildman–Crippen LogP) is 4.40. The number of thiophene rings is 1. The maximum absolute atomic E-state index is 10.2. The van der Waals surface area contributed by atoms with Crippen LogP contribution in [0.3, 0.4) is 0 Å². The molecule has 10 heteroatoms. The summed E-state index contributed by atoms with van der Waals surface area (Å²) >= 11 is 1.62. The van der Waals surface area contributed by atoms with Crippen molar-refractivity contribution in [2.45, 2.75) is 56.8 Å². The molecule has 3 heterocycles. The Hall–Kier alpha value is -3.29. The SMILES string of the molecule is CN(C)C=Nc1sc2c(c1C#N)[C@@]1(CCC2)CCCc2c(-c3nccc(OCC4(CO)CC4)n3)noc21. The summed E-state index contributed by atoms with van der Waals surface area (Å²) in [6.07, 6.45) is 11.0. The molecule has 9 nitrogen and oxygen atoms in total. The van der Waals surface area contributed by atoms with E-state index in [1.54, 1.807) is 29.9 Å². The van der Waals surface area contributed by atoms with Gasteiger partial charge in [-0.1, -0.05) is 5.16 Å². The van der Waals surface area contributed by atoms with Crippen LogP contribution in [0, 0.1) is 16.7 Å². The van der Waals surface area contributed by atoms with Gasteiger partial charge in [-0.2, -0.15) is 10.2 Å². The smallest absolute Gasteiger partial charge is 0.216 e. The van der Waals surface area contributed by atoms with E-state index >= 15 is 0 Å². The Morgan fingerprint density at radius 1 is 1.27 bits per heavy atom. The highest BCUT2D eigenvalue weighted by Gasteiger charge is 2.49. The summed E-state index contributed by atoms with van der Waals surface area (Å²) < 4.78 is 12.0. The van der Waals surface area contributed by atoms with Crippen molar-refractivity contribution in [2.75, 3.05) is 27.3 Å². The maximum Gasteiger partial charge on any atom is 0.216 e. The van der Waals surface area contributed by atoms with Gasteiger partial charge in [-0.25, -0.2) is 9.98 Å². The first kappa shape index (κ1) is 24.1. The predicted molar refractivity (Wildman–Crippen MR) is 139 cm³/mol. The zero-order valence-electron chi connectivity index (χ0n) is 21.2. The second-order valence-corrected chi connectivity index (χ2v) is 11.8. The number of aryl methyl sites for hydroxylation is 1. The molecule has 1 fully saturated rings. The molecule has 0 aliphatic heterocycles. The third kappa shape index (κ3) is 4.10. The van der Waals surface area contributed by atoms with Crippen molar-refractivity contribution in [3.05, 3.63) is 39.6 Å². The molecule has 0 bridgehead atoms. The fraction of sp³-hybridized carbons (Fsp3) is 0.519. The quantitative estimate of drug-likeness (QED) is 0.361. The highest BCUT2D eigenvalue weighted by Crippen LogP contribution is 2.56. The molecule has 3 aliphatic carbocycles. The van der Waals surface area contributed by atoms with Gasteiger partial charge in [-0.3, -0.25) is 0 Å². The highest BCUT2D eigenvalue weighted by molar-refractivity contribution is 7.16. The van der Waals surface area contributed by atoms with Crippen LogP contribution in [0.1, 0.15) is 65.9 Å². The maximum atomic E-state index is 10.2. The zero-order chi connectivity index (χ0) is 25.6. The first-order valence-corrected chi connectivity index (χ1v) is 13.6. The molecular formula is C27H30N6O3S. The third-order valence-corrected chi connectivity index (χ3v) is 9.04. The van der Waals surface area contributed by atoms with Crippen molar-refractivity contribution in [3.63, 3.8) is 0 Å². The van der Waals surface area contributed by atoms with E-state index in [2.05, 4.69) is 26.2 Å². The van der Waals surface area contributed by atoms with E-state index < -0.39 is 0 Å². The number of aromatic nitrogens is 3. The Bertz CT molecular complexity index is 1400. The number of aliphatic imine (C=N–C) groups is 1. The molecule has 0 radical (unpaired) electrons. The molecule has 3 aromatic rings. The van der Waals surface area contributed by atoms with E-state index in [0.29, 0.717) is 29.6 Å². The molecular weight excluding hydrogens is 488 g/mol. The molecule has 1 N–H and O–H groups in total. The van der Waals surface area contributed by atoms with Crippen molar-refractivity contribution in [1.29, 1.82) is 5.26 Å². The summed E-state index contributed by atoms with van der Waals surface area (Å²) in [5.74, 6) is 1.80. The molecule has 0 saturated heterocycles. The van der Waals surface area contributed by atoms with Gasteiger partial charge in [-0.15, -0.1) is 11.3 Å². The van der Waals surface area contributed by atoms with Gasteiger partial charge >= 0.3 is 0 Å². The van der Waals surface area contributed by atoms with Crippen molar-refractivity contribution >= 4 is 22.7 Å². The van der Waals surface area contributed by atoms with Crippen molar-refractivity contribution < 1.29 is 14.4 Å². The molecule has 3 aromatic heterocycles. The lowest BCUT2D eigenvalue weighted by Gasteiger charge is -2.39. The molecule has 0 aromatic carbocycles. The van der Waals surface area contributed by atoms with Gasteiger partial charge in [0, 0.05) is 42.2 Å². The van der Waals surface area contributed by atoms with Gasteiger partial charge in [-0.05, 0) is 56.9 Å². The lowest BCUT2D eigenvalue weighted by Crippen LogP contribution is -2.35. The molecule has 1 spiro atoms. The summed E-state index contributed by atoms with van der Waals surface area (Å²) in [6.45, 7) is 0.567. The van der Waals surface area contributed by atoms with Gasteiger partial charge in [0.1, 0.15) is 11.1 Å². The largest absolute Gasteiger partial charge is 0.477 e. The fourth-order valence-electron chi connectivity index (χ4n) is 5.72. The number of fused-ring (bicyclic) bond motifs is 4. The van der Waals surface area contributed by atoms with Crippen molar-refractivity contribution in [2.24, 2.45) is 10.4 Å². The van der Waals surface area contributed by atoms with Crippen molar-refractivity contribution in [1.82, 2.24) is 20.0 Å². The molecule has 6 rings (SSSR count). The summed E-state index contributed by atoms with van der Waals surface area (Å²) in [5.41, 5.74) is 2.91. The average molecular weight is 519 g/mol. The zero-order valence-corrected chi connectivity index (χ0v) is 22.0. The number of nitriles is 1. The molecule has 192 valence electrons. The lowest BCUT2D eigenvalue weighted by atomic mass is 9.63. The van der Waals surface area contributed by atoms with Gasteiger partial charge in [0.05, 0.1) is 30.5 Å². The van der Waals surface area contributed by atoms with Gasteiger partial charge in [0.15, 0.2) is 17.3 Å². The minimum atomic E-state index is -0.381. The number of aliphatic hydroxyl groups excluding tert-OH is 1. The lowest BCUT2D eigenvalue weighted by molar-refractivity contribution is 0.143. The number of nitrogens with zero attached hydrogens (tertiary/aromatic N) is 6. The highest BCUT2D eigenvalue weighted by atomic mass is 32.1. The van der Waals surface area contributed by atoms with Crippen LogP contribution < -0.4 is 4.74 Å². The Balaban J connectivity index is 1.38. The first-order chi connectivity index (χ1) is 18.0. The van der Waals surface area contributed by atoms with E-state index in [0.717, 1.165) is 73.3 Å². The number of hydrogen-bond donors (Lipinski definition) is 1. The van der Waals surface area contributed by atoms with E-state index in [9.17, 15) is 10.4 Å². The summed E-state index contributed by atoms with van der Waals surface area (Å²) in [5, 5.41) is 25.0. The molecule has 0 unspecified atom stereocenters. The second kappa shape index (κ2) is 9.23. The van der Waals surface area contributed by atoms with E-state index in [1.165, 1.54) is 4.88 Å². The van der Waals surface area contributed by atoms with Crippen LogP contribution in [-0.4, -0.2) is 58.8 Å². The van der Waals surface area contributed by atoms with Crippen LogP contribution in [0.5, 0.6) is 5.88 Å². The standard InChI is InChI=1S/C27H30N6O3S/c1-33(2)16-30-25-18(13-28)21-19(37-25)6-4-9-27(21)8-3-5-17-22(32-36-23(17)27)24-29-12-7-20(31-24)35-15-26(14-34)10-11-26/h7,12,16,34H,3-6,8-11,14-15H2,1-2H3/t27-/m0/s1. The van der Waals surface area contributed by atoms with E-state index in [4.69, 9.17) is 9.26 Å². The minimum absolute atomic E-state index is 0.126. The topological polar surface area (TPSA) is 121 Å². The summed E-state index contributed by atoms with van der Waals surface area (Å²) in [7, 11) is 3.85. The van der Waals surface area contributed by atoms with E-state index in [-0.39, 0.29) is 17.4 Å². The van der Waals surface area contributed by atoms with Crippen LogP contribution >= 0.6 is 11.3 Å². The van der Waals surface area contributed by atoms with Gasteiger partial charge in [0.2, 0.25) is 5.88 Å². The Labute approximate surface area is 219 Å². The molecule has 0 amide bonds. The summed E-state index contributed by atoms with van der Waals surface area (Å²) in [4.78, 5) is 16.9. The van der Waals surface area contributed by atoms with Gasteiger partial charge in [0.25, 0.3) is 0 Å². The molecule has 3 aliphatic rings. The van der Waals surface area contributed by atoms with Crippen molar-refractivity contribution in [3.8, 4) is 23.5 Å². The minimum Gasteiger partial charge on any atom is -0.477 e. The molecule has 37 heavy (non-hydrogen) atoms. The summed E-state index contributed by atoms with van der Waals surface area (Å²) in [6, 6.07) is 4.20. The second-order valence-electron chi connectivity index (χ2n) is 10.7. The van der Waals surface area contributed by atoms with Crippen LogP contribution in [0.4, 0.5) is 5.00 Å². The first-order valence-electron chi connectivity index (χ1n) is 12.8. The molecule has 1 saturated carbocycles. The van der Waals surface area contributed by atoms with E-state index in [1.807, 2.05) is 19.0 Å². The average Bonchev–Trinajstić information content (AvgIpc) is 3.39. The van der Waals surface area contributed by atoms with Gasteiger partial charge < -0.3 is 19.3 Å². The normalized spacial score (nSPS) is 21.5. The Kier molecular flexibility index (Phi) is 6.00. The number of aliphatic hydroxyl groups is 1. The number of rotatable bonds is 7. The van der Waals surface area contributed by atoms with Crippen LogP contribution in [0.25, 0.3) is 11.5 Å². The molecule has 1 atom stereocenters. The monoisotopic (exact) mass is 518 g/mol. The fourth-order valence-corrected chi connectivity index (χ4v) is 6.95.